The molecule has 0 bridgehead atoms. The Labute approximate surface area is 114 Å². The number of thioether (sulfide) groups is 1. The largest absolute Gasteiger partial charge is 0.362 e. The first kappa shape index (κ1) is 15.3. The van der Waals surface area contributed by atoms with Crippen molar-refractivity contribution in [2.24, 2.45) is 0 Å². The Bertz CT molecular complexity index is 400. The third-order valence-electron chi connectivity index (χ3n) is 3.34. The number of nitrogens with zero attached hydrogens (tertiary/aromatic N) is 1. The number of aryl methyl sites for hydroxylation is 2. The van der Waals surface area contributed by atoms with Crippen LogP contribution in [0.25, 0.3) is 0 Å². The van der Waals surface area contributed by atoms with E-state index >= 15 is 0 Å². The summed E-state index contributed by atoms with van der Waals surface area (Å²) < 4.78 is 0. The van der Waals surface area contributed by atoms with Gasteiger partial charge in [0.2, 0.25) is 0 Å². The molecular formula is C14H24N2OS. The van der Waals surface area contributed by atoms with Gasteiger partial charge in [0, 0.05) is 23.0 Å². The predicted octanol–water partition coefficient (Wildman–Crippen LogP) is 2.89. The average molecular weight is 268 g/mol. The summed E-state index contributed by atoms with van der Waals surface area (Å²) in [7, 11) is 2.03. The molecule has 102 valence electrons. The third-order valence-corrected chi connectivity index (χ3v) is 3.98. The van der Waals surface area contributed by atoms with Gasteiger partial charge < -0.3 is 4.98 Å². The summed E-state index contributed by atoms with van der Waals surface area (Å²) in [6, 6.07) is 2.39. The highest BCUT2D eigenvalue weighted by Gasteiger charge is 2.16. The maximum atomic E-state index is 12.2. The standard InChI is InChI=1S/C14H24N2OS/c1-10-8-13(12(3)15-10)14(17)9-16(4)11(2)6-7-18-5/h8,11,15H,6-7,9H2,1-5H3. The summed E-state index contributed by atoms with van der Waals surface area (Å²) in [6.45, 7) is 6.61. The van der Waals surface area contributed by atoms with Gasteiger partial charge in [-0.3, -0.25) is 9.69 Å². The number of H-pyrrole nitrogens is 1. The van der Waals surface area contributed by atoms with Crippen LogP contribution in [0.1, 0.15) is 35.1 Å². The third kappa shape index (κ3) is 4.18. The zero-order chi connectivity index (χ0) is 13.7. The smallest absolute Gasteiger partial charge is 0.178 e. The van der Waals surface area contributed by atoms with Crippen LogP contribution in [0.2, 0.25) is 0 Å². The van der Waals surface area contributed by atoms with Gasteiger partial charge in [0.25, 0.3) is 0 Å². The van der Waals surface area contributed by atoms with E-state index in [-0.39, 0.29) is 5.78 Å². The van der Waals surface area contributed by atoms with E-state index in [0.29, 0.717) is 12.6 Å². The Morgan fingerprint density at radius 3 is 2.67 bits per heavy atom. The molecule has 1 heterocycles. The summed E-state index contributed by atoms with van der Waals surface area (Å²) in [6.07, 6.45) is 3.24. The van der Waals surface area contributed by atoms with Crippen molar-refractivity contribution in [3.05, 3.63) is 23.0 Å². The van der Waals surface area contributed by atoms with E-state index in [2.05, 4.69) is 23.1 Å². The fourth-order valence-corrected chi connectivity index (χ4v) is 2.57. The van der Waals surface area contributed by atoms with E-state index < -0.39 is 0 Å². The number of ketones is 1. The summed E-state index contributed by atoms with van der Waals surface area (Å²) in [5, 5.41) is 0. The van der Waals surface area contributed by atoms with Crippen LogP contribution in [0.4, 0.5) is 0 Å². The Morgan fingerprint density at radius 1 is 1.50 bits per heavy atom. The number of Topliss-reactive ketones (excluding diaryl/α,β-unsaturated/α-hetero) is 1. The number of nitrogens with one attached hydrogen (secondary N) is 1. The van der Waals surface area contributed by atoms with Gasteiger partial charge in [0.15, 0.2) is 5.78 Å². The monoisotopic (exact) mass is 268 g/mol. The van der Waals surface area contributed by atoms with Crippen molar-refractivity contribution in [1.29, 1.82) is 0 Å². The lowest BCUT2D eigenvalue weighted by molar-refractivity contribution is 0.0923. The van der Waals surface area contributed by atoms with E-state index in [1.807, 2.05) is 38.7 Å². The summed E-state index contributed by atoms with van der Waals surface area (Å²) >= 11 is 1.85. The van der Waals surface area contributed by atoms with E-state index in [4.69, 9.17) is 0 Å². The number of rotatable bonds is 7. The predicted molar refractivity (Wildman–Crippen MR) is 79.7 cm³/mol. The molecule has 0 radical (unpaired) electrons. The van der Waals surface area contributed by atoms with Crippen molar-refractivity contribution in [3.8, 4) is 0 Å². The second-order valence-electron chi connectivity index (χ2n) is 4.96. The van der Waals surface area contributed by atoms with Crippen molar-refractivity contribution < 1.29 is 4.79 Å². The van der Waals surface area contributed by atoms with Crippen LogP contribution in [-0.4, -0.2) is 47.3 Å². The van der Waals surface area contributed by atoms with Crippen LogP contribution in [0.5, 0.6) is 0 Å². The molecular weight excluding hydrogens is 244 g/mol. The van der Waals surface area contributed by atoms with Gasteiger partial charge in [0.1, 0.15) is 0 Å². The van der Waals surface area contributed by atoms with Gasteiger partial charge in [-0.1, -0.05) is 0 Å². The Kier molecular flexibility index (Phi) is 5.96. The molecule has 0 saturated carbocycles. The van der Waals surface area contributed by atoms with Crippen LogP contribution < -0.4 is 0 Å². The minimum absolute atomic E-state index is 0.204. The lowest BCUT2D eigenvalue weighted by Gasteiger charge is -2.23. The molecule has 0 saturated heterocycles. The zero-order valence-corrected chi connectivity index (χ0v) is 12.9. The second kappa shape index (κ2) is 7.00. The summed E-state index contributed by atoms with van der Waals surface area (Å²) in [4.78, 5) is 17.5. The minimum atomic E-state index is 0.204. The second-order valence-corrected chi connectivity index (χ2v) is 5.95. The van der Waals surface area contributed by atoms with Crippen molar-refractivity contribution in [1.82, 2.24) is 9.88 Å². The van der Waals surface area contributed by atoms with Crippen molar-refractivity contribution in [2.45, 2.75) is 33.2 Å². The van der Waals surface area contributed by atoms with Gasteiger partial charge >= 0.3 is 0 Å². The maximum Gasteiger partial charge on any atom is 0.178 e. The topological polar surface area (TPSA) is 36.1 Å². The normalized spacial score (nSPS) is 13.0. The molecule has 1 N–H and O–H groups in total. The quantitative estimate of drug-likeness (QED) is 0.772. The zero-order valence-electron chi connectivity index (χ0n) is 12.0. The van der Waals surface area contributed by atoms with Crippen LogP contribution >= 0.6 is 11.8 Å². The molecule has 0 aliphatic rings. The van der Waals surface area contributed by atoms with Gasteiger partial charge in [-0.15, -0.1) is 0 Å². The molecule has 3 nitrogen and oxygen atoms in total. The van der Waals surface area contributed by atoms with Crippen LogP contribution in [-0.2, 0) is 0 Å². The Balaban J connectivity index is 2.56. The number of hydrogen-bond donors (Lipinski definition) is 1. The number of aromatic amines is 1. The highest BCUT2D eigenvalue weighted by atomic mass is 32.2. The molecule has 18 heavy (non-hydrogen) atoms. The van der Waals surface area contributed by atoms with Crippen molar-refractivity contribution in [3.63, 3.8) is 0 Å². The minimum Gasteiger partial charge on any atom is -0.362 e. The fraction of sp³-hybridized carbons (Fsp3) is 0.643. The molecule has 1 unspecified atom stereocenters. The molecule has 0 fully saturated rings. The Morgan fingerprint density at radius 2 is 2.17 bits per heavy atom. The molecule has 1 aromatic rings. The molecule has 1 aromatic heterocycles. The first-order valence-corrected chi connectivity index (χ1v) is 7.73. The van der Waals surface area contributed by atoms with Gasteiger partial charge in [-0.05, 0) is 52.3 Å². The summed E-state index contributed by atoms with van der Waals surface area (Å²) in [5.74, 6) is 1.34. The lowest BCUT2D eigenvalue weighted by atomic mass is 10.1. The van der Waals surface area contributed by atoms with E-state index in [1.165, 1.54) is 0 Å². The molecule has 0 spiro atoms. The fourth-order valence-electron chi connectivity index (χ4n) is 1.99. The molecule has 1 atom stereocenters. The van der Waals surface area contributed by atoms with Gasteiger partial charge in [0.05, 0.1) is 6.54 Å². The average Bonchev–Trinajstić information content (AvgIpc) is 2.65. The highest BCUT2D eigenvalue weighted by molar-refractivity contribution is 7.98. The number of hydrogen-bond acceptors (Lipinski definition) is 3. The molecule has 0 aromatic carbocycles. The SMILES string of the molecule is CSCCC(C)N(C)CC(=O)c1cc(C)[nH]c1C. The summed E-state index contributed by atoms with van der Waals surface area (Å²) in [5.41, 5.74) is 2.85. The van der Waals surface area contributed by atoms with Crippen molar-refractivity contribution in [2.75, 3.05) is 25.6 Å². The first-order chi connectivity index (χ1) is 8.45. The molecule has 0 amide bonds. The highest BCUT2D eigenvalue weighted by Crippen LogP contribution is 2.12. The number of likely N-dealkylation sites (N-methyl/N-ethyl adjacent to an activating group) is 1. The molecule has 0 aliphatic heterocycles. The van der Waals surface area contributed by atoms with Crippen molar-refractivity contribution >= 4 is 17.5 Å². The lowest BCUT2D eigenvalue weighted by Crippen LogP contribution is -2.34. The molecule has 4 heteroatoms. The van der Waals surface area contributed by atoms with E-state index in [9.17, 15) is 4.79 Å². The van der Waals surface area contributed by atoms with Crippen LogP contribution in [0.15, 0.2) is 6.07 Å². The van der Waals surface area contributed by atoms with E-state index in [0.717, 1.165) is 29.1 Å². The molecule has 1 rings (SSSR count). The maximum absolute atomic E-state index is 12.2. The number of carbonyl (C=O) groups excluding carboxylic acids is 1. The van der Waals surface area contributed by atoms with E-state index in [1.54, 1.807) is 0 Å². The Hall–Kier alpha value is -0.740. The molecule has 0 aliphatic carbocycles. The number of aromatic nitrogens is 1. The van der Waals surface area contributed by atoms with Gasteiger partial charge in [-0.2, -0.15) is 11.8 Å². The number of carbonyl (C=O) groups is 1. The van der Waals surface area contributed by atoms with Crippen LogP contribution in [0, 0.1) is 13.8 Å². The van der Waals surface area contributed by atoms with Crippen LogP contribution in [0.3, 0.4) is 0 Å². The van der Waals surface area contributed by atoms with Gasteiger partial charge in [-0.25, -0.2) is 0 Å². The first-order valence-electron chi connectivity index (χ1n) is 6.34.